The zero-order chi connectivity index (χ0) is 29.6. The number of hydrogen-bond donors (Lipinski definition) is 1. The summed E-state index contributed by atoms with van der Waals surface area (Å²) in [4.78, 5) is 29.1. The summed E-state index contributed by atoms with van der Waals surface area (Å²) in [5.74, 6) is -0.760. The Labute approximate surface area is 248 Å². The van der Waals surface area contributed by atoms with Gasteiger partial charge in [-0.2, -0.15) is 12.7 Å². The molecule has 2 aromatic rings. The maximum absolute atomic E-state index is 14.1. The van der Waals surface area contributed by atoms with Gasteiger partial charge in [0.05, 0.1) is 5.69 Å². The van der Waals surface area contributed by atoms with E-state index in [0.717, 1.165) is 46.3 Å². The van der Waals surface area contributed by atoms with Crippen molar-refractivity contribution in [2.75, 3.05) is 24.9 Å². The largest absolute Gasteiger partial charge is 0.352 e. The van der Waals surface area contributed by atoms with Crippen LogP contribution >= 0.6 is 23.2 Å². The van der Waals surface area contributed by atoms with Crippen LogP contribution in [0.4, 0.5) is 5.69 Å². The van der Waals surface area contributed by atoms with Crippen LogP contribution in [0.3, 0.4) is 0 Å². The molecule has 11 heteroatoms. The number of amides is 2. The molecule has 40 heavy (non-hydrogen) atoms. The fraction of sp³-hybridized carbons (Fsp3) is 0.517. The highest BCUT2D eigenvalue weighted by Crippen LogP contribution is 2.28. The van der Waals surface area contributed by atoms with E-state index in [0.29, 0.717) is 33.3 Å². The highest BCUT2D eigenvalue weighted by Gasteiger charge is 2.35. The SMILES string of the molecule is CC[C@@H](C(=O)NC1CCCCC1)N(Cc1ccc(Cl)cc1Cl)C(=O)CN(c1cc(C)ccc1C)S(=O)(=O)N(C)C. The molecule has 1 aliphatic carbocycles. The van der Waals surface area contributed by atoms with E-state index in [-0.39, 0.29) is 18.5 Å². The molecule has 220 valence electrons. The molecule has 1 N–H and O–H groups in total. The second-order valence-corrected chi connectivity index (χ2v) is 13.5. The first kappa shape index (κ1) is 32.2. The van der Waals surface area contributed by atoms with Gasteiger partial charge in [0.1, 0.15) is 12.6 Å². The fourth-order valence-electron chi connectivity index (χ4n) is 4.99. The van der Waals surface area contributed by atoms with Gasteiger partial charge in [0.15, 0.2) is 0 Å². The molecule has 8 nitrogen and oxygen atoms in total. The van der Waals surface area contributed by atoms with Crippen LogP contribution in [0.25, 0.3) is 0 Å². The highest BCUT2D eigenvalue weighted by atomic mass is 35.5. The van der Waals surface area contributed by atoms with E-state index in [1.54, 1.807) is 31.2 Å². The minimum atomic E-state index is -4.05. The molecular weight excluding hydrogens is 571 g/mol. The highest BCUT2D eigenvalue weighted by molar-refractivity contribution is 7.90. The van der Waals surface area contributed by atoms with Gasteiger partial charge in [-0.15, -0.1) is 0 Å². The summed E-state index contributed by atoms with van der Waals surface area (Å²) >= 11 is 12.6. The van der Waals surface area contributed by atoms with Crippen molar-refractivity contribution < 1.29 is 18.0 Å². The molecule has 2 amide bonds. The normalized spacial score (nSPS) is 15.1. The number of carbonyl (C=O) groups is 2. The van der Waals surface area contributed by atoms with Gasteiger partial charge in [-0.05, 0) is 68.0 Å². The minimum Gasteiger partial charge on any atom is -0.352 e. The van der Waals surface area contributed by atoms with Crippen molar-refractivity contribution in [1.82, 2.24) is 14.5 Å². The van der Waals surface area contributed by atoms with E-state index in [9.17, 15) is 18.0 Å². The van der Waals surface area contributed by atoms with Crippen molar-refractivity contribution in [3.63, 3.8) is 0 Å². The molecule has 0 heterocycles. The third-order valence-electron chi connectivity index (χ3n) is 7.35. The van der Waals surface area contributed by atoms with Crippen molar-refractivity contribution in [2.24, 2.45) is 0 Å². The predicted octanol–water partition coefficient (Wildman–Crippen LogP) is 5.48. The lowest BCUT2D eigenvalue weighted by Gasteiger charge is -2.35. The van der Waals surface area contributed by atoms with E-state index in [4.69, 9.17) is 23.2 Å². The fourth-order valence-corrected chi connectivity index (χ4v) is 6.57. The summed E-state index contributed by atoms with van der Waals surface area (Å²) in [7, 11) is -1.19. The van der Waals surface area contributed by atoms with E-state index in [1.807, 2.05) is 26.0 Å². The third-order valence-corrected chi connectivity index (χ3v) is 9.74. The Hall–Kier alpha value is -2.33. The minimum absolute atomic E-state index is 0.0219. The maximum Gasteiger partial charge on any atom is 0.304 e. The van der Waals surface area contributed by atoms with E-state index >= 15 is 0 Å². The molecule has 1 aliphatic rings. The zero-order valence-electron chi connectivity index (χ0n) is 23.9. The Morgan fingerprint density at radius 3 is 2.30 bits per heavy atom. The molecule has 0 spiro atoms. The Morgan fingerprint density at radius 1 is 1.02 bits per heavy atom. The van der Waals surface area contributed by atoms with Crippen LogP contribution in [-0.2, 0) is 26.3 Å². The summed E-state index contributed by atoms with van der Waals surface area (Å²) < 4.78 is 29.2. The summed E-state index contributed by atoms with van der Waals surface area (Å²) in [6, 6.07) is 9.68. The van der Waals surface area contributed by atoms with Crippen LogP contribution in [0.2, 0.25) is 10.0 Å². The van der Waals surface area contributed by atoms with Crippen LogP contribution in [-0.4, -0.2) is 62.2 Å². The smallest absolute Gasteiger partial charge is 0.304 e. The van der Waals surface area contributed by atoms with Crippen molar-refractivity contribution in [3.05, 3.63) is 63.1 Å². The summed E-state index contributed by atoms with van der Waals surface area (Å²) in [6.45, 7) is 5.04. The van der Waals surface area contributed by atoms with Crippen LogP contribution in [0.15, 0.2) is 36.4 Å². The average Bonchev–Trinajstić information content (AvgIpc) is 2.90. The number of benzene rings is 2. The number of carbonyl (C=O) groups excluding carboxylic acids is 2. The molecule has 1 fully saturated rings. The van der Waals surface area contributed by atoms with Gasteiger partial charge in [-0.1, -0.05) is 67.6 Å². The van der Waals surface area contributed by atoms with Crippen molar-refractivity contribution >= 4 is 50.9 Å². The van der Waals surface area contributed by atoms with Gasteiger partial charge in [-0.3, -0.25) is 9.59 Å². The average molecular weight is 612 g/mol. The molecular formula is C29H40Cl2N4O4S. The number of anilines is 1. The van der Waals surface area contributed by atoms with Crippen molar-refractivity contribution in [2.45, 2.75) is 77.9 Å². The first-order chi connectivity index (χ1) is 18.8. The monoisotopic (exact) mass is 610 g/mol. The lowest BCUT2D eigenvalue weighted by molar-refractivity contribution is -0.140. The second kappa shape index (κ2) is 14.0. The Morgan fingerprint density at radius 2 is 1.70 bits per heavy atom. The van der Waals surface area contributed by atoms with Gasteiger partial charge < -0.3 is 10.2 Å². The number of nitrogens with one attached hydrogen (secondary N) is 1. The first-order valence-corrected chi connectivity index (χ1v) is 15.8. The van der Waals surface area contributed by atoms with E-state index in [1.165, 1.54) is 19.0 Å². The third kappa shape index (κ3) is 7.90. The van der Waals surface area contributed by atoms with Gasteiger partial charge in [-0.25, -0.2) is 4.31 Å². The predicted molar refractivity (Wildman–Crippen MR) is 162 cm³/mol. The number of hydrogen-bond acceptors (Lipinski definition) is 4. The van der Waals surface area contributed by atoms with Gasteiger partial charge in [0.2, 0.25) is 11.8 Å². The Kier molecular flexibility index (Phi) is 11.3. The number of halogens is 2. The molecule has 0 unspecified atom stereocenters. The summed E-state index contributed by atoms with van der Waals surface area (Å²) in [5.41, 5.74) is 2.58. The quantitative estimate of drug-likeness (QED) is 0.365. The summed E-state index contributed by atoms with van der Waals surface area (Å²) in [5, 5.41) is 3.95. The molecule has 1 atom stereocenters. The van der Waals surface area contributed by atoms with Crippen molar-refractivity contribution in [3.8, 4) is 0 Å². The van der Waals surface area contributed by atoms with Crippen molar-refractivity contribution in [1.29, 1.82) is 0 Å². The molecule has 3 rings (SSSR count). The molecule has 2 aromatic carbocycles. The molecule has 0 radical (unpaired) electrons. The molecule has 0 bridgehead atoms. The maximum atomic E-state index is 14.1. The summed E-state index contributed by atoms with van der Waals surface area (Å²) in [6.07, 6.45) is 5.41. The lowest BCUT2D eigenvalue weighted by atomic mass is 9.95. The molecule has 0 aromatic heterocycles. The second-order valence-electron chi connectivity index (χ2n) is 10.6. The van der Waals surface area contributed by atoms with Crippen LogP contribution in [0.5, 0.6) is 0 Å². The van der Waals surface area contributed by atoms with Crippen LogP contribution < -0.4 is 9.62 Å². The number of aryl methyl sites for hydroxylation is 2. The lowest BCUT2D eigenvalue weighted by Crippen LogP contribution is -2.54. The van der Waals surface area contributed by atoms with Crippen LogP contribution in [0.1, 0.15) is 62.1 Å². The first-order valence-electron chi connectivity index (χ1n) is 13.7. The van der Waals surface area contributed by atoms with E-state index in [2.05, 4.69) is 5.32 Å². The van der Waals surface area contributed by atoms with Crippen LogP contribution in [0, 0.1) is 13.8 Å². The Balaban J connectivity index is 2.02. The molecule has 0 saturated heterocycles. The van der Waals surface area contributed by atoms with E-state index < -0.39 is 28.7 Å². The number of rotatable bonds is 11. The van der Waals surface area contributed by atoms with Gasteiger partial charge >= 0.3 is 10.2 Å². The Bertz CT molecular complexity index is 1310. The van der Waals surface area contributed by atoms with Gasteiger partial charge in [0.25, 0.3) is 0 Å². The standard InChI is InChI=1S/C29H40Cl2N4O4S/c1-6-26(29(37)32-24-10-8-7-9-11-24)34(18-22-14-15-23(30)17-25(22)31)28(36)19-35(40(38,39)33(4)5)27-16-20(2)12-13-21(27)3/h12-17,24,26H,6-11,18-19H2,1-5H3,(H,32,37)/t26-/m0/s1. The molecule has 1 saturated carbocycles. The molecule has 0 aliphatic heterocycles. The topological polar surface area (TPSA) is 90.0 Å². The van der Waals surface area contributed by atoms with Gasteiger partial charge in [0, 0.05) is 36.7 Å². The zero-order valence-corrected chi connectivity index (χ0v) is 26.2. The number of nitrogens with zero attached hydrogens (tertiary/aromatic N) is 3.